The minimum Gasteiger partial charge on any atom is -0.497 e. The molecule has 0 saturated carbocycles. The molecule has 0 fully saturated rings. The van der Waals surface area contributed by atoms with E-state index in [9.17, 15) is 0 Å². The smallest absolute Gasteiger partial charge is 0.145 e. The topological polar surface area (TPSA) is 80.3 Å². The number of hydrogen-bond donors (Lipinski definition) is 2. The van der Waals surface area contributed by atoms with Crippen molar-refractivity contribution in [3.8, 4) is 17.6 Å². The van der Waals surface area contributed by atoms with Gasteiger partial charge in [0.2, 0.25) is 0 Å². The fourth-order valence-electron chi connectivity index (χ4n) is 1.80. The Morgan fingerprint density at radius 3 is 2.50 bits per heavy atom. The van der Waals surface area contributed by atoms with Crippen molar-refractivity contribution in [2.24, 2.45) is 0 Å². The zero-order chi connectivity index (χ0) is 14.5. The van der Waals surface area contributed by atoms with Crippen LogP contribution in [0, 0.1) is 11.3 Å². The van der Waals surface area contributed by atoms with E-state index in [-0.39, 0.29) is 0 Å². The molecule has 5 heteroatoms. The number of nitrogens with two attached hydrogens (primary N) is 1. The number of nitrogen functional groups attached to an aromatic ring is 1. The second-order valence-electron chi connectivity index (χ2n) is 4.11. The fourth-order valence-corrected chi connectivity index (χ4v) is 1.80. The van der Waals surface area contributed by atoms with Crippen LogP contribution in [0.4, 0.5) is 17.1 Å². The number of methoxy groups -OCH3 is 2. The normalized spacial score (nSPS) is 9.65. The van der Waals surface area contributed by atoms with Gasteiger partial charge in [0, 0.05) is 11.8 Å². The lowest BCUT2D eigenvalue weighted by Gasteiger charge is -2.13. The molecule has 2 aromatic rings. The molecule has 2 rings (SSSR count). The predicted molar refractivity (Wildman–Crippen MR) is 78.4 cm³/mol. The Balaban J connectivity index is 2.30. The van der Waals surface area contributed by atoms with Crippen molar-refractivity contribution in [2.45, 2.75) is 0 Å². The highest BCUT2D eigenvalue weighted by atomic mass is 16.5. The molecule has 0 saturated heterocycles. The lowest BCUT2D eigenvalue weighted by Crippen LogP contribution is -1.97. The molecule has 0 aliphatic carbocycles. The Morgan fingerprint density at radius 2 is 1.90 bits per heavy atom. The highest BCUT2D eigenvalue weighted by Crippen LogP contribution is 2.32. The summed E-state index contributed by atoms with van der Waals surface area (Å²) >= 11 is 0. The summed E-state index contributed by atoms with van der Waals surface area (Å²) in [5.41, 5.74) is 8.25. The van der Waals surface area contributed by atoms with Crippen molar-refractivity contribution >= 4 is 17.1 Å². The van der Waals surface area contributed by atoms with Crippen LogP contribution >= 0.6 is 0 Å². The van der Waals surface area contributed by atoms with E-state index in [4.69, 9.17) is 20.5 Å². The van der Waals surface area contributed by atoms with E-state index in [1.54, 1.807) is 38.5 Å². The first kappa shape index (κ1) is 13.6. The zero-order valence-corrected chi connectivity index (χ0v) is 11.3. The van der Waals surface area contributed by atoms with Gasteiger partial charge in [0.15, 0.2) is 0 Å². The lowest BCUT2D eigenvalue weighted by atomic mass is 10.1. The van der Waals surface area contributed by atoms with Gasteiger partial charge in [-0.2, -0.15) is 5.26 Å². The molecular weight excluding hydrogens is 254 g/mol. The Hall–Kier alpha value is -2.87. The molecule has 0 unspecified atom stereocenters. The molecule has 0 spiro atoms. The Kier molecular flexibility index (Phi) is 3.96. The monoisotopic (exact) mass is 269 g/mol. The predicted octanol–water partition coefficient (Wildman–Crippen LogP) is 2.90. The van der Waals surface area contributed by atoms with Gasteiger partial charge in [-0.3, -0.25) is 0 Å². The SMILES string of the molecule is COc1ccc(Nc2ccc(C#N)c(N)c2)c(OC)c1. The number of nitrogens with one attached hydrogen (secondary N) is 1. The zero-order valence-electron chi connectivity index (χ0n) is 11.3. The molecule has 0 amide bonds. The van der Waals surface area contributed by atoms with Gasteiger partial charge in [-0.1, -0.05) is 0 Å². The Morgan fingerprint density at radius 1 is 1.10 bits per heavy atom. The second-order valence-corrected chi connectivity index (χ2v) is 4.11. The summed E-state index contributed by atoms with van der Waals surface area (Å²) in [6.45, 7) is 0. The van der Waals surface area contributed by atoms with Gasteiger partial charge in [0.05, 0.1) is 31.2 Å². The van der Waals surface area contributed by atoms with Gasteiger partial charge < -0.3 is 20.5 Å². The minimum atomic E-state index is 0.435. The molecule has 0 atom stereocenters. The molecule has 0 bridgehead atoms. The summed E-state index contributed by atoms with van der Waals surface area (Å²) in [6.07, 6.45) is 0. The first-order chi connectivity index (χ1) is 9.67. The summed E-state index contributed by atoms with van der Waals surface area (Å²) in [5.74, 6) is 1.37. The lowest BCUT2D eigenvalue weighted by molar-refractivity contribution is 0.395. The van der Waals surface area contributed by atoms with E-state index in [1.807, 2.05) is 18.2 Å². The third kappa shape index (κ3) is 2.75. The Bertz CT molecular complexity index is 663. The number of benzene rings is 2. The van der Waals surface area contributed by atoms with Crippen molar-refractivity contribution in [3.63, 3.8) is 0 Å². The molecule has 2 aromatic carbocycles. The van der Waals surface area contributed by atoms with Gasteiger partial charge in [0.25, 0.3) is 0 Å². The molecule has 0 heterocycles. The fraction of sp³-hybridized carbons (Fsp3) is 0.133. The number of nitriles is 1. The van der Waals surface area contributed by atoms with E-state index in [2.05, 4.69) is 5.32 Å². The number of hydrogen-bond acceptors (Lipinski definition) is 5. The van der Waals surface area contributed by atoms with Crippen LogP contribution in [0.5, 0.6) is 11.5 Å². The molecule has 0 aliphatic heterocycles. The first-order valence-electron chi connectivity index (χ1n) is 5.96. The summed E-state index contributed by atoms with van der Waals surface area (Å²) in [6, 6.07) is 12.7. The van der Waals surface area contributed by atoms with Crippen molar-refractivity contribution in [2.75, 3.05) is 25.3 Å². The molecule has 5 nitrogen and oxygen atoms in total. The van der Waals surface area contributed by atoms with Gasteiger partial charge in [-0.05, 0) is 30.3 Å². The number of nitrogens with zero attached hydrogens (tertiary/aromatic N) is 1. The number of rotatable bonds is 4. The van der Waals surface area contributed by atoms with Crippen LogP contribution < -0.4 is 20.5 Å². The summed E-state index contributed by atoms with van der Waals surface area (Å²) in [7, 11) is 3.19. The summed E-state index contributed by atoms with van der Waals surface area (Å²) < 4.78 is 10.5. The maximum atomic E-state index is 8.85. The molecule has 0 radical (unpaired) electrons. The average Bonchev–Trinajstić information content (AvgIpc) is 2.48. The van der Waals surface area contributed by atoms with E-state index >= 15 is 0 Å². The van der Waals surface area contributed by atoms with Gasteiger partial charge in [-0.25, -0.2) is 0 Å². The quantitative estimate of drug-likeness (QED) is 0.834. The third-order valence-electron chi connectivity index (χ3n) is 2.86. The average molecular weight is 269 g/mol. The van der Waals surface area contributed by atoms with Crippen LogP contribution in [0.3, 0.4) is 0 Å². The molecule has 0 aliphatic rings. The van der Waals surface area contributed by atoms with E-state index in [0.29, 0.717) is 22.7 Å². The standard InChI is InChI=1S/C15H15N3O2/c1-19-12-5-6-14(15(8-12)20-2)18-11-4-3-10(9-16)13(17)7-11/h3-8,18H,17H2,1-2H3. The van der Waals surface area contributed by atoms with Crippen molar-refractivity contribution in [1.29, 1.82) is 5.26 Å². The van der Waals surface area contributed by atoms with Crippen LogP contribution in [0.15, 0.2) is 36.4 Å². The Labute approximate surface area is 117 Å². The third-order valence-corrected chi connectivity index (χ3v) is 2.86. The molecule has 3 N–H and O–H groups in total. The van der Waals surface area contributed by atoms with Crippen LogP contribution in [0.2, 0.25) is 0 Å². The molecule has 20 heavy (non-hydrogen) atoms. The van der Waals surface area contributed by atoms with Crippen molar-refractivity contribution in [1.82, 2.24) is 0 Å². The molecule has 102 valence electrons. The van der Waals surface area contributed by atoms with E-state index < -0.39 is 0 Å². The number of anilines is 3. The summed E-state index contributed by atoms with van der Waals surface area (Å²) in [5, 5.41) is 12.1. The maximum Gasteiger partial charge on any atom is 0.145 e. The van der Waals surface area contributed by atoms with E-state index in [1.165, 1.54) is 0 Å². The van der Waals surface area contributed by atoms with Crippen LogP contribution in [0.25, 0.3) is 0 Å². The number of ether oxygens (including phenoxy) is 2. The highest BCUT2D eigenvalue weighted by molar-refractivity contribution is 5.71. The van der Waals surface area contributed by atoms with Gasteiger partial charge >= 0.3 is 0 Å². The molecular formula is C15H15N3O2. The molecule has 0 aromatic heterocycles. The van der Waals surface area contributed by atoms with Gasteiger partial charge in [-0.15, -0.1) is 0 Å². The minimum absolute atomic E-state index is 0.435. The first-order valence-corrected chi connectivity index (χ1v) is 5.96. The van der Waals surface area contributed by atoms with E-state index in [0.717, 1.165) is 11.4 Å². The van der Waals surface area contributed by atoms with Crippen LogP contribution in [-0.2, 0) is 0 Å². The van der Waals surface area contributed by atoms with Crippen molar-refractivity contribution < 1.29 is 9.47 Å². The maximum absolute atomic E-state index is 8.85. The largest absolute Gasteiger partial charge is 0.497 e. The van der Waals surface area contributed by atoms with Gasteiger partial charge in [0.1, 0.15) is 17.6 Å². The second kappa shape index (κ2) is 5.85. The highest BCUT2D eigenvalue weighted by Gasteiger charge is 2.06. The summed E-state index contributed by atoms with van der Waals surface area (Å²) in [4.78, 5) is 0. The van der Waals surface area contributed by atoms with Crippen molar-refractivity contribution in [3.05, 3.63) is 42.0 Å². The van der Waals surface area contributed by atoms with Crippen LogP contribution in [-0.4, -0.2) is 14.2 Å². The van der Waals surface area contributed by atoms with Crippen LogP contribution in [0.1, 0.15) is 5.56 Å².